The van der Waals surface area contributed by atoms with E-state index in [0.29, 0.717) is 19.0 Å². The van der Waals surface area contributed by atoms with Crippen molar-refractivity contribution < 1.29 is 9.53 Å². The highest BCUT2D eigenvalue weighted by Gasteiger charge is 2.13. The zero-order valence-electron chi connectivity index (χ0n) is 12.8. The fraction of sp³-hybridized carbons (Fsp3) is 0.667. The number of aryl methyl sites for hydroxylation is 1. The third-order valence-electron chi connectivity index (χ3n) is 2.71. The lowest BCUT2D eigenvalue weighted by atomic mass is 10.2. The zero-order valence-corrected chi connectivity index (χ0v) is 15.1. The molecule has 0 amide bonds. The summed E-state index contributed by atoms with van der Waals surface area (Å²) in [5.74, 6) is 0.912. The van der Waals surface area contributed by atoms with Gasteiger partial charge in [-0.15, -0.1) is 24.0 Å². The third kappa shape index (κ3) is 6.74. The number of aliphatic imine (C=N–C) groups is 1. The maximum absolute atomic E-state index is 11.3. The van der Waals surface area contributed by atoms with E-state index in [1.165, 1.54) is 13.4 Å². The van der Waals surface area contributed by atoms with Gasteiger partial charge in [0.1, 0.15) is 18.7 Å². The first-order valence-electron chi connectivity index (χ1n) is 6.51. The van der Waals surface area contributed by atoms with E-state index in [0.717, 1.165) is 12.4 Å². The van der Waals surface area contributed by atoms with Crippen molar-refractivity contribution in [2.24, 2.45) is 18.0 Å². The van der Waals surface area contributed by atoms with Crippen LogP contribution in [0.5, 0.6) is 0 Å². The van der Waals surface area contributed by atoms with Crippen molar-refractivity contribution in [1.82, 2.24) is 25.4 Å². The van der Waals surface area contributed by atoms with Gasteiger partial charge in [0, 0.05) is 20.1 Å². The van der Waals surface area contributed by atoms with Crippen LogP contribution in [-0.4, -0.2) is 46.9 Å². The van der Waals surface area contributed by atoms with E-state index < -0.39 is 0 Å². The van der Waals surface area contributed by atoms with Gasteiger partial charge < -0.3 is 15.4 Å². The Morgan fingerprint density at radius 2 is 2.24 bits per heavy atom. The van der Waals surface area contributed by atoms with E-state index in [1.54, 1.807) is 11.6 Å². The molecule has 0 saturated carbocycles. The topological polar surface area (TPSA) is 93.4 Å². The lowest BCUT2D eigenvalue weighted by molar-refractivity contribution is -0.144. The first-order valence-corrected chi connectivity index (χ1v) is 6.51. The number of carbonyl (C=O) groups excluding carboxylic acids is 1. The highest BCUT2D eigenvalue weighted by molar-refractivity contribution is 14.0. The van der Waals surface area contributed by atoms with E-state index in [1.807, 2.05) is 14.0 Å². The van der Waals surface area contributed by atoms with Gasteiger partial charge >= 0.3 is 5.97 Å². The van der Waals surface area contributed by atoms with Crippen LogP contribution in [0.25, 0.3) is 0 Å². The molecule has 1 atom stereocenters. The molecule has 8 nitrogen and oxygen atoms in total. The fourth-order valence-electron chi connectivity index (χ4n) is 1.49. The summed E-state index contributed by atoms with van der Waals surface area (Å²) in [7, 11) is 3.20. The number of esters is 1. The predicted octanol–water partition coefficient (Wildman–Crippen LogP) is 0.297. The highest BCUT2D eigenvalue weighted by atomic mass is 127. The van der Waals surface area contributed by atoms with Crippen molar-refractivity contribution in [1.29, 1.82) is 0 Å². The number of aromatic nitrogens is 3. The van der Waals surface area contributed by atoms with Crippen molar-refractivity contribution >= 4 is 35.9 Å². The fourth-order valence-corrected chi connectivity index (χ4v) is 1.49. The molecule has 0 saturated heterocycles. The quantitative estimate of drug-likeness (QED) is 0.303. The van der Waals surface area contributed by atoms with Crippen molar-refractivity contribution in [3.8, 4) is 0 Å². The molecule has 1 aromatic heterocycles. The number of carbonyl (C=O) groups is 1. The summed E-state index contributed by atoms with van der Waals surface area (Å²) in [5.41, 5.74) is 0. The van der Waals surface area contributed by atoms with E-state index in [9.17, 15) is 4.79 Å². The molecular weight excluding hydrogens is 387 g/mol. The maximum Gasteiger partial charge on any atom is 0.310 e. The molecule has 0 bridgehead atoms. The van der Waals surface area contributed by atoms with Crippen molar-refractivity contribution in [2.45, 2.75) is 20.4 Å². The molecule has 0 radical (unpaired) electrons. The predicted molar refractivity (Wildman–Crippen MR) is 90.4 cm³/mol. The molecule has 1 heterocycles. The molecule has 1 unspecified atom stereocenters. The lowest BCUT2D eigenvalue weighted by Crippen LogP contribution is -2.40. The Balaban J connectivity index is 0.00000400. The normalized spacial score (nSPS) is 12.3. The molecule has 1 rings (SSSR count). The smallest absolute Gasteiger partial charge is 0.310 e. The second-order valence-corrected chi connectivity index (χ2v) is 4.30. The Morgan fingerprint density at radius 1 is 1.52 bits per heavy atom. The average molecular weight is 410 g/mol. The minimum atomic E-state index is -0.248. The summed E-state index contributed by atoms with van der Waals surface area (Å²) in [6.45, 7) is 5.38. The standard InChI is InChI=1S/C12H22N6O2.HI/c1-5-13-12(14-6-9(2)11(19)20-4)15-7-10-16-8-17-18(10)3;/h8-9H,5-7H2,1-4H3,(H2,13,14,15);1H. The second-order valence-electron chi connectivity index (χ2n) is 4.30. The van der Waals surface area contributed by atoms with Gasteiger partial charge in [0.25, 0.3) is 0 Å². The van der Waals surface area contributed by atoms with Gasteiger partial charge in [-0.25, -0.2) is 9.98 Å². The van der Waals surface area contributed by atoms with Crippen LogP contribution in [-0.2, 0) is 23.1 Å². The Morgan fingerprint density at radius 3 is 2.76 bits per heavy atom. The summed E-state index contributed by atoms with van der Waals surface area (Å²) in [4.78, 5) is 19.8. The van der Waals surface area contributed by atoms with E-state index in [2.05, 4.69) is 30.4 Å². The molecule has 9 heteroatoms. The Labute approximate surface area is 141 Å². The Hall–Kier alpha value is -1.39. The summed E-state index contributed by atoms with van der Waals surface area (Å²) >= 11 is 0. The number of rotatable bonds is 6. The summed E-state index contributed by atoms with van der Waals surface area (Å²) in [6, 6.07) is 0. The van der Waals surface area contributed by atoms with Gasteiger partial charge in [-0.2, -0.15) is 5.10 Å². The van der Waals surface area contributed by atoms with Crippen LogP contribution in [0.2, 0.25) is 0 Å². The number of guanidine groups is 1. The minimum absolute atomic E-state index is 0. The molecule has 2 N–H and O–H groups in total. The molecule has 0 fully saturated rings. The van der Waals surface area contributed by atoms with E-state index in [4.69, 9.17) is 0 Å². The second kappa shape index (κ2) is 10.4. The number of nitrogens with one attached hydrogen (secondary N) is 2. The van der Waals surface area contributed by atoms with Gasteiger partial charge in [-0.05, 0) is 6.92 Å². The number of hydrogen-bond acceptors (Lipinski definition) is 5. The van der Waals surface area contributed by atoms with Gasteiger partial charge in [0.15, 0.2) is 5.96 Å². The molecule has 0 aliphatic rings. The first kappa shape index (κ1) is 19.6. The van der Waals surface area contributed by atoms with Crippen molar-refractivity contribution in [2.75, 3.05) is 20.2 Å². The van der Waals surface area contributed by atoms with Gasteiger partial charge in [0.2, 0.25) is 0 Å². The van der Waals surface area contributed by atoms with Crippen LogP contribution < -0.4 is 10.6 Å². The molecule has 21 heavy (non-hydrogen) atoms. The first-order chi connectivity index (χ1) is 9.58. The average Bonchev–Trinajstić information content (AvgIpc) is 2.86. The van der Waals surface area contributed by atoms with Crippen LogP contribution >= 0.6 is 24.0 Å². The van der Waals surface area contributed by atoms with Crippen LogP contribution in [0.3, 0.4) is 0 Å². The number of ether oxygens (including phenoxy) is 1. The Kier molecular flexibility index (Phi) is 9.67. The summed E-state index contributed by atoms with van der Waals surface area (Å²) in [6.07, 6.45) is 1.49. The number of hydrogen-bond donors (Lipinski definition) is 2. The van der Waals surface area contributed by atoms with Crippen LogP contribution in [0.1, 0.15) is 19.7 Å². The number of methoxy groups -OCH3 is 1. The summed E-state index contributed by atoms with van der Waals surface area (Å²) < 4.78 is 6.35. The van der Waals surface area contributed by atoms with Crippen molar-refractivity contribution in [3.63, 3.8) is 0 Å². The van der Waals surface area contributed by atoms with E-state index >= 15 is 0 Å². The van der Waals surface area contributed by atoms with Crippen LogP contribution in [0, 0.1) is 5.92 Å². The third-order valence-corrected chi connectivity index (χ3v) is 2.71. The van der Waals surface area contributed by atoms with Gasteiger partial charge in [-0.3, -0.25) is 9.48 Å². The molecular formula is C12H23IN6O2. The lowest BCUT2D eigenvalue weighted by Gasteiger charge is -2.14. The Bertz CT molecular complexity index is 462. The van der Waals surface area contributed by atoms with Gasteiger partial charge in [0.05, 0.1) is 13.0 Å². The monoisotopic (exact) mass is 410 g/mol. The zero-order chi connectivity index (χ0) is 15.0. The number of nitrogens with zero attached hydrogens (tertiary/aromatic N) is 4. The molecule has 0 spiro atoms. The van der Waals surface area contributed by atoms with Crippen molar-refractivity contribution in [3.05, 3.63) is 12.2 Å². The van der Waals surface area contributed by atoms with Crippen LogP contribution in [0.4, 0.5) is 0 Å². The van der Waals surface area contributed by atoms with E-state index in [-0.39, 0.29) is 35.9 Å². The highest BCUT2D eigenvalue weighted by Crippen LogP contribution is 1.96. The maximum atomic E-state index is 11.3. The minimum Gasteiger partial charge on any atom is -0.469 e. The molecule has 0 aliphatic heterocycles. The molecule has 0 aromatic carbocycles. The number of halogens is 1. The SMILES string of the molecule is CCNC(=NCc1ncnn1C)NCC(C)C(=O)OC.I. The molecule has 0 aliphatic carbocycles. The molecule has 120 valence electrons. The van der Waals surface area contributed by atoms with Crippen LogP contribution in [0.15, 0.2) is 11.3 Å². The van der Waals surface area contributed by atoms with Gasteiger partial charge in [-0.1, -0.05) is 6.92 Å². The largest absolute Gasteiger partial charge is 0.469 e. The molecule has 1 aromatic rings. The summed E-state index contributed by atoms with van der Waals surface area (Å²) in [5, 5.41) is 10.2.